The molecule has 1 fully saturated rings. The van der Waals surface area contributed by atoms with E-state index >= 15 is 0 Å². The molecule has 1 saturated heterocycles. The summed E-state index contributed by atoms with van der Waals surface area (Å²) >= 11 is 5.55. The molecule has 1 aliphatic rings. The van der Waals surface area contributed by atoms with E-state index in [4.69, 9.17) is 11.6 Å². The summed E-state index contributed by atoms with van der Waals surface area (Å²) in [6.07, 6.45) is 3.39. The third-order valence-corrected chi connectivity index (χ3v) is 4.16. The summed E-state index contributed by atoms with van der Waals surface area (Å²) in [6.45, 7) is 1.38. The van der Waals surface area contributed by atoms with Gasteiger partial charge in [0.15, 0.2) is 5.82 Å². The van der Waals surface area contributed by atoms with Gasteiger partial charge in [0.05, 0.1) is 11.6 Å². The number of nitrogens with zero attached hydrogens (tertiary/aromatic N) is 2. The number of benzene rings is 1. The van der Waals surface area contributed by atoms with Crippen molar-refractivity contribution in [2.24, 2.45) is 0 Å². The number of hydrogen-bond acceptors (Lipinski definition) is 3. The molecule has 1 N–H and O–H groups in total. The minimum absolute atomic E-state index is 0.0830. The molecule has 0 aliphatic carbocycles. The highest BCUT2D eigenvalue weighted by atomic mass is 35.5. The van der Waals surface area contributed by atoms with E-state index in [0.29, 0.717) is 19.6 Å². The number of hydrogen-bond donors (Lipinski definition) is 1. The molecule has 0 spiro atoms. The van der Waals surface area contributed by atoms with Crippen LogP contribution in [0.4, 0.5) is 8.78 Å². The van der Waals surface area contributed by atoms with Crippen molar-refractivity contribution in [2.75, 3.05) is 19.6 Å². The van der Waals surface area contributed by atoms with Crippen LogP contribution in [0.3, 0.4) is 0 Å². The highest BCUT2D eigenvalue weighted by Gasteiger charge is 2.27. The van der Waals surface area contributed by atoms with E-state index in [1.54, 1.807) is 12.4 Å². The lowest BCUT2D eigenvalue weighted by atomic mass is 10.1. The number of aromatic nitrogens is 1. The fourth-order valence-electron chi connectivity index (χ4n) is 2.60. The van der Waals surface area contributed by atoms with Gasteiger partial charge in [0.1, 0.15) is 10.8 Å². The molecule has 120 valence electrons. The Labute approximate surface area is 137 Å². The summed E-state index contributed by atoms with van der Waals surface area (Å²) < 4.78 is 27.3. The van der Waals surface area contributed by atoms with Gasteiger partial charge >= 0.3 is 0 Å². The van der Waals surface area contributed by atoms with Gasteiger partial charge in [0.25, 0.3) is 5.91 Å². The van der Waals surface area contributed by atoms with Crippen LogP contribution in [0.25, 0.3) is 0 Å². The first-order valence-electron chi connectivity index (χ1n) is 7.14. The average molecular weight is 338 g/mol. The van der Waals surface area contributed by atoms with Crippen molar-refractivity contribution in [1.29, 1.82) is 0 Å². The smallest absolute Gasteiger partial charge is 0.256 e. The summed E-state index contributed by atoms with van der Waals surface area (Å²) in [4.78, 5) is 18.1. The fraction of sp³-hybridized carbons (Fsp3) is 0.250. The lowest BCUT2D eigenvalue weighted by molar-refractivity contribution is 0.0698. The first-order chi connectivity index (χ1) is 11.1. The van der Waals surface area contributed by atoms with Crippen molar-refractivity contribution in [3.05, 3.63) is 64.4 Å². The number of halogens is 3. The number of rotatable bonds is 2. The van der Waals surface area contributed by atoms with Crippen molar-refractivity contribution in [3.63, 3.8) is 0 Å². The van der Waals surface area contributed by atoms with E-state index in [1.165, 1.54) is 4.90 Å². The van der Waals surface area contributed by atoms with E-state index in [9.17, 15) is 13.6 Å². The van der Waals surface area contributed by atoms with E-state index in [1.807, 2.05) is 12.1 Å². The Morgan fingerprint density at radius 2 is 2.17 bits per heavy atom. The predicted octanol–water partition coefficient (Wildman–Crippen LogP) is 2.80. The number of piperazine rings is 1. The Bertz CT molecular complexity index is 727. The van der Waals surface area contributed by atoms with E-state index in [0.717, 1.165) is 17.7 Å². The van der Waals surface area contributed by atoms with E-state index < -0.39 is 22.6 Å². The van der Waals surface area contributed by atoms with Gasteiger partial charge in [-0.3, -0.25) is 9.78 Å². The summed E-state index contributed by atoms with van der Waals surface area (Å²) in [5, 5.41) is 2.64. The average Bonchev–Trinajstić information content (AvgIpc) is 2.60. The van der Waals surface area contributed by atoms with Crippen LogP contribution in [-0.4, -0.2) is 35.4 Å². The zero-order valence-corrected chi connectivity index (χ0v) is 12.9. The van der Waals surface area contributed by atoms with E-state index in [2.05, 4.69) is 10.3 Å². The predicted molar refractivity (Wildman–Crippen MR) is 82.3 cm³/mol. The van der Waals surface area contributed by atoms with Crippen molar-refractivity contribution in [3.8, 4) is 0 Å². The van der Waals surface area contributed by atoms with Crippen LogP contribution in [0.1, 0.15) is 22.0 Å². The van der Waals surface area contributed by atoms with Gasteiger partial charge in [-0.1, -0.05) is 17.7 Å². The van der Waals surface area contributed by atoms with Crippen LogP contribution in [-0.2, 0) is 0 Å². The second-order valence-corrected chi connectivity index (χ2v) is 5.65. The molecule has 0 bridgehead atoms. The Morgan fingerprint density at radius 3 is 2.91 bits per heavy atom. The van der Waals surface area contributed by atoms with Crippen LogP contribution >= 0.6 is 11.6 Å². The van der Waals surface area contributed by atoms with E-state index in [-0.39, 0.29) is 11.6 Å². The van der Waals surface area contributed by atoms with Crippen molar-refractivity contribution in [1.82, 2.24) is 15.2 Å². The number of pyridine rings is 1. The second-order valence-electron chi connectivity index (χ2n) is 5.27. The highest BCUT2D eigenvalue weighted by Crippen LogP contribution is 2.24. The second kappa shape index (κ2) is 6.60. The Morgan fingerprint density at radius 1 is 1.35 bits per heavy atom. The molecule has 3 rings (SSSR count). The molecule has 23 heavy (non-hydrogen) atoms. The van der Waals surface area contributed by atoms with Crippen LogP contribution in [0.2, 0.25) is 5.02 Å². The Balaban J connectivity index is 1.81. The normalized spacial score (nSPS) is 18.0. The SMILES string of the molecule is O=C(c1ccc(F)c(Cl)c1F)N1CCNC(c2cccnc2)C1. The van der Waals surface area contributed by atoms with Gasteiger partial charge in [-0.2, -0.15) is 0 Å². The molecule has 0 saturated carbocycles. The van der Waals surface area contributed by atoms with Crippen LogP contribution < -0.4 is 5.32 Å². The van der Waals surface area contributed by atoms with Gasteiger partial charge in [-0.25, -0.2) is 8.78 Å². The Hall–Kier alpha value is -2.05. The van der Waals surface area contributed by atoms with Gasteiger partial charge in [-0.15, -0.1) is 0 Å². The Kier molecular flexibility index (Phi) is 4.54. The molecule has 7 heteroatoms. The zero-order chi connectivity index (χ0) is 16.4. The monoisotopic (exact) mass is 337 g/mol. The maximum Gasteiger partial charge on any atom is 0.256 e. The first-order valence-corrected chi connectivity index (χ1v) is 7.52. The molecule has 4 nitrogen and oxygen atoms in total. The van der Waals surface area contributed by atoms with Crippen LogP contribution in [0, 0.1) is 11.6 Å². The molecule has 2 aromatic rings. The summed E-state index contributed by atoms with van der Waals surface area (Å²) in [7, 11) is 0. The van der Waals surface area contributed by atoms with Crippen LogP contribution in [0.15, 0.2) is 36.7 Å². The molecule has 1 amide bonds. The molecule has 1 atom stereocenters. The molecule has 1 aliphatic heterocycles. The van der Waals surface area contributed by atoms with Crippen molar-refractivity contribution in [2.45, 2.75) is 6.04 Å². The quantitative estimate of drug-likeness (QED) is 0.857. The first kappa shape index (κ1) is 15.8. The lowest BCUT2D eigenvalue weighted by Gasteiger charge is -2.34. The van der Waals surface area contributed by atoms with Crippen LogP contribution in [0.5, 0.6) is 0 Å². The van der Waals surface area contributed by atoms with Gasteiger partial charge < -0.3 is 10.2 Å². The molecule has 2 heterocycles. The summed E-state index contributed by atoms with van der Waals surface area (Å²) in [6, 6.07) is 5.77. The maximum atomic E-state index is 14.0. The number of carbonyl (C=O) groups excluding carboxylic acids is 1. The molecule has 0 radical (unpaired) electrons. The topological polar surface area (TPSA) is 45.2 Å². The molecule has 1 aromatic carbocycles. The molecule has 1 aromatic heterocycles. The third kappa shape index (κ3) is 3.18. The molecular formula is C16H14ClF2N3O. The minimum atomic E-state index is -1.02. The molecule has 1 unspecified atom stereocenters. The number of nitrogens with one attached hydrogen (secondary N) is 1. The van der Waals surface area contributed by atoms with Gasteiger partial charge in [0, 0.05) is 32.0 Å². The number of carbonyl (C=O) groups is 1. The number of amides is 1. The zero-order valence-electron chi connectivity index (χ0n) is 12.1. The third-order valence-electron chi connectivity index (χ3n) is 3.82. The highest BCUT2D eigenvalue weighted by molar-refractivity contribution is 6.31. The standard InChI is InChI=1S/C16H14ClF2N3O/c17-14-12(18)4-3-11(15(14)19)16(23)22-7-6-21-13(9-22)10-2-1-5-20-8-10/h1-5,8,13,21H,6-7,9H2. The van der Waals surface area contributed by atoms with Gasteiger partial charge in [-0.05, 0) is 23.8 Å². The van der Waals surface area contributed by atoms with Gasteiger partial charge in [0.2, 0.25) is 0 Å². The van der Waals surface area contributed by atoms with Crippen molar-refractivity contribution >= 4 is 17.5 Å². The summed E-state index contributed by atoms with van der Waals surface area (Å²) in [5.74, 6) is -2.40. The summed E-state index contributed by atoms with van der Waals surface area (Å²) in [5.41, 5.74) is 0.728. The lowest BCUT2D eigenvalue weighted by Crippen LogP contribution is -2.48. The minimum Gasteiger partial charge on any atom is -0.335 e. The molecular weight excluding hydrogens is 324 g/mol. The maximum absolute atomic E-state index is 14.0. The largest absolute Gasteiger partial charge is 0.335 e. The van der Waals surface area contributed by atoms with Crippen molar-refractivity contribution < 1.29 is 13.6 Å². The fourth-order valence-corrected chi connectivity index (χ4v) is 2.77.